The number of anilines is 3. The van der Waals surface area contributed by atoms with Crippen LogP contribution in [0.5, 0.6) is 11.5 Å². The highest BCUT2D eigenvalue weighted by molar-refractivity contribution is 6.36. The van der Waals surface area contributed by atoms with E-state index in [1.165, 1.54) is 12.4 Å². The van der Waals surface area contributed by atoms with Gasteiger partial charge in [0.25, 0.3) is 0 Å². The molecule has 5 aromatic heterocycles. The van der Waals surface area contributed by atoms with Crippen molar-refractivity contribution in [3.05, 3.63) is 41.6 Å². The van der Waals surface area contributed by atoms with Gasteiger partial charge in [-0.15, -0.1) is 0 Å². The van der Waals surface area contributed by atoms with Crippen molar-refractivity contribution >= 4 is 45.9 Å². The van der Waals surface area contributed by atoms with E-state index in [1.54, 1.807) is 35.6 Å². The van der Waals surface area contributed by atoms with E-state index in [0.717, 1.165) is 10.7 Å². The molecule has 12 nitrogen and oxygen atoms in total. The van der Waals surface area contributed by atoms with Gasteiger partial charge in [0.05, 0.1) is 37.4 Å². The maximum absolute atomic E-state index is 13.7. The lowest BCUT2D eigenvalue weighted by Crippen LogP contribution is -2.19. The highest BCUT2D eigenvalue weighted by atomic mass is 35.5. The molecule has 0 amide bonds. The number of hydrogen-bond donors (Lipinski definition) is 2. The molecule has 0 saturated carbocycles. The minimum Gasteiger partial charge on any atom is -0.450 e. The number of nitrogens with one attached hydrogen (secondary N) is 2. The standard InChI is InChI=1S/C22H20ClF3N10O2/c1-27-17-9-35-12(6-28-17)13(8-30-35)38-14-7-29-20-19(18(14)23)34(2)21(32-20)31-16-5-15(22(24,25)26)36(33-16)11-3-4-37-10-11/h5-9,11,27H,3-4,10H2,1-2H3,(H,29,31,32,33)/t11-/m1/s1. The van der Waals surface area contributed by atoms with Gasteiger partial charge in [0.15, 0.2) is 23.0 Å². The quantitative estimate of drug-likeness (QED) is 0.317. The normalized spacial score (nSPS) is 16.0. The summed E-state index contributed by atoms with van der Waals surface area (Å²) < 4.78 is 56.4. The predicted octanol–water partition coefficient (Wildman–Crippen LogP) is 4.42. The van der Waals surface area contributed by atoms with Crippen molar-refractivity contribution in [2.24, 2.45) is 7.05 Å². The Bertz CT molecular complexity index is 1650. The van der Waals surface area contributed by atoms with Gasteiger partial charge in [-0.25, -0.2) is 14.5 Å². The maximum Gasteiger partial charge on any atom is 0.433 e. The number of nitrogens with zero attached hydrogens (tertiary/aromatic N) is 8. The number of pyridine rings is 1. The average Bonchev–Trinajstić information content (AvgIpc) is 3.67. The number of aromatic nitrogens is 8. The monoisotopic (exact) mass is 548 g/mol. The van der Waals surface area contributed by atoms with E-state index >= 15 is 0 Å². The van der Waals surface area contributed by atoms with Crippen molar-refractivity contribution in [3.63, 3.8) is 0 Å². The third-order valence-electron chi connectivity index (χ3n) is 6.17. The molecule has 198 valence electrons. The van der Waals surface area contributed by atoms with Crippen LogP contribution in [-0.4, -0.2) is 59.2 Å². The van der Waals surface area contributed by atoms with Crippen molar-refractivity contribution in [3.8, 4) is 11.5 Å². The number of fused-ring (bicyclic) bond motifs is 2. The lowest BCUT2D eigenvalue weighted by molar-refractivity contribution is -0.145. The molecule has 38 heavy (non-hydrogen) atoms. The fourth-order valence-electron chi connectivity index (χ4n) is 4.26. The highest BCUT2D eigenvalue weighted by Crippen LogP contribution is 2.38. The van der Waals surface area contributed by atoms with Crippen LogP contribution in [0.3, 0.4) is 0 Å². The van der Waals surface area contributed by atoms with Crippen LogP contribution >= 0.6 is 11.6 Å². The lowest BCUT2D eigenvalue weighted by Gasteiger charge is -2.14. The molecule has 1 aliphatic heterocycles. The number of aryl methyl sites for hydroxylation is 1. The van der Waals surface area contributed by atoms with E-state index in [9.17, 15) is 13.2 Å². The van der Waals surface area contributed by atoms with Crippen LogP contribution in [-0.2, 0) is 18.0 Å². The first-order valence-electron chi connectivity index (χ1n) is 11.4. The second kappa shape index (κ2) is 9.02. The third kappa shape index (κ3) is 4.12. The van der Waals surface area contributed by atoms with Crippen molar-refractivity contribution in [2.45, 2.75) is 18.6 Å². The van der Waals surface area contributed by atoms with Crippen LogP contribution in [0.1, 0.15) is 18.2 Å². The summed E-state index contributed by atoms with van der Waals surface area (Å²) >= 11 is 6.67. The fourth-order valence-corrected chi connectivity index (χ4v) is 4.56. The molecule has 2 N–H and O–H groups in total. The van der Waals surface area contributed by atoms with Gasteiger partial charge in [-0.1, -0.05) is 11.6 Å². The van der Waals surface area contributed by atoms with Crippen LogP contribution in [0, 0.1) is 0 Å². The van der Waals surface area contributed by atoms with Gasteiger partial charge in [-0.3, -0.25) is 4.68 Å². The van der Waals surface area contributed by atoms with E-state index in [2.05, 4.69) is 35.8 Å². The van der Waals surface area contributed by atoms with Gasteiger partial charge in [0, 0.05) is 26.8 Å². The van der Waals surface area contributed by atoms with Crippen LogP contribution in [0.15, 0.2) is 30.9 Å². The van der Waals surface area contributed by atoms with E-state index in [1.807, 2.05) is 0 Å². The van der Waals surface area contributed by atoms with Crippen molar-refractivity contribution in [2.75, 3.05) is 30.9 Å². The van der Waals surface area contributed by atoms with Crippen molar-refractivity contribution < 1.29 is 22.6 Å². The van der Waals surface area contributed by atoms with Crippen LogP contribution < -0.4 is 15.4 Å². The molecule has 6 heterocycles. The first-order valence-corrected chi connectivity index (χ1v) is 11.8. The number of rotatable bonds is 6. The number of ether oxygens (including phenoxy) is 2. The Morgan fingerprint density at radius 3 is 2.74 bits per heavy atom. The second-order valence-corrected chi connectivity index (χ2v) is 8.94. The Balaban J connectivity index is 1.32. The maximum atomic E-state index is 13.7. The molecule has 1 saturated heterocycles. The van der Waals surface area contributed by atoms with Gasteiger partial charge >= 0.3 is 6.18 Å². The summed E-state index contributed by atoms with van der Waals surface area (Å²) in [5.41, 5.74) is 0.424. The minimum atomic E-state index is -4.58. The van der Waals surface area contributed by atoms with E-state index in [0.29, 0.717) is 35.6 Å². The molecule has 0 bridgehead atoms. The van der Waals surface area contributed by atoms with Crippen molar-refractivity contribution in [1.29, 1.82) is 0 Å². The van der Waals surface area contributed by atoms with Crippen LogP contribution in [0.25, 0.3) is 16.7 Å². The molecular weight excluding hydrogens is 529 g/mol. The third-order valence-corrected chi connectivity index (χ3v) is 6.53. The van der Waals surface area contributed by atoms with Gasteiger partial charge in [0.2, 0.25) is 5.95 Å². The summed E-state index contributed by atoms with van der Waals surface area (Å²) in [7, 11) is 3.40. The fraction of sp³-hybridized carbons (Fsp3) is 0.318. The summed E-state index contributed by atoms with van der Waals surface area (Å²) in [4.78, 5) is 13.0. The molecule has 0 aliphatic carbocycles. The Morgan fingerprint density at radius 2 is 2.00 bits per heavy atom. The summed E-state index contributed by atoms with van der Waals surface area (Å²) in [5.74, 6) is 1.46. The van der Waals surface area contributed by atoms with Gasteiger partial charge < -0.3 is 24.7 Å². The summed E-state index contributed by atoms with van der Waals surface area (Å²) in [6.45, 7) is 0.547. The topological polar surface area (TPSA) is 121 Å². The lowest BCUT2D eigenvalue weighted by atomic mass is 10.2. The molecule has 6 rings (SSSR count). The molecule has 16 heteroatoms. The zero-order valence-corrected chi connectivity index (χ0v) is 20.7. The molecule has 0 aromatic carbocycles. The second-order valence-electron chi connectivity index (χ2n) is 8.57. The Hall–Kier alpha value is -4.11. The first-order chi connectivity index (χ1) is 18.2. The molecule has 1 aliphatic rings. The largest absolute Gasteiger partial charge is 0.450 e. The first kappa shape index (κ1) is 24.2. The molecule has 0 unspecified atom stereocenters. The molecule has 0 spiro atoms. The molecular formula is C22H20ClF3N10O2. The average molecular weight is 549 g/mol. The van der Waals surface area contributed by atoms with Crippen LogP contribution in [0.4, 0.5) is 30.8 Å². The van der Waals surface area contributed by atoms with Gasteiger partial charge in [-0.05, 0) is 6.42 Å². The highest BCUT2D eigenvalue weighted by Gasteiger charge is 2.38. The molecule has 0 radical (unpaired) electrons. The Labute approximate surface area is 217 Å². The molecule has 1 atom stereocenters. The summed E-state index contributed by atoms with van der Waals surface area (Å²) in [6, 6.07) is 0.443. The van der Waals surface area contributed by atoms with E-state index in [4.69, 9.17) is 21.1 Å². The number of hydrogen-bond acceptors (Lipinski definition) is 9. The SMILES string of the molecule is CNc1cn2ncc(Oc3cnc4nc(Nc5cc(C(F)(F)F)n([C@@H]6CCOC6)n5)n(C)c4c3Cl)c2cn1. The molecule has 5 aromatic rings. The van der Waals surface area contributed by atoms with Crippen molar-refractivity contribution in [1.82, 2.24) is 38.9 Å². The van der Waals surface area contributed by atoms with E-state index in [-0.39, 0.29) is 34.8 Å². The van der Waals surface area contributed by atoms with E-state index < -0.39 is 17.9 Å². The van der Waals surface area contributed by atoms with Crippen LogP contribution in [0.2, 0.25) is 5.02 Å². The zero-order valence-electron chi connectivity index (χ0n) is 20.0. The number of alkyl halides is 3. The minimum absolute atomic E-state index is 0.0185. The zero-order chi connectivity index (χ0) is 26.6. The summed E-state index contributed by atoms with van der Waals surface area (Å²) in [5, 5.41) is 14.4. The number of halogens is 4. The predicted molar refractivity (Wildman–Crippen MR) is 131 cm³/mol. The van der Waals surface area contributed by atoms with Gasteiger partial charge in [-0.2, -0.15) is 28.4 Å². The molecule has 1 fully saturated rings. The Kier molecular flexibility index (Phi) is 5.75. The smallest absolute Gasteiger partial charge is 0.433 e. The Morgan fingerprint density at radius 1 is 1.16 bits per heavy atom. The number of imidazole rings is 1. The van der Waals surface area contributed by atoms with Gasteiger partial charge in [0.1, 0.15) is 27.6 Å². The summed E-state index contributed by atoms with van der Waals surface area (Å²) in [6.07, 6.45) is 2.11.